The Morgan fingerprint density at radius 3 is 2.71 bits per heavy atom. The molecular weight excluding hydrogens is 293 g/mol. The maximum Gasteiger partial charge on any atom is 0.161 e. The van der Waals surface area contributed by atoms with Crippen molar-refractivity contribution in [2.24, 2.45) is 0 Å². The number of nitrogens with two attached hydrogens (primary N) is 1. The summed E-state index contributed by atoms with van der Waals surface area (Å²) in [4.78, 5) is 11.2. The van der Waals surface area contributed by atoms with Gasteiger partial charge in [0.25, 0.3) is 0 Å². The number of rotatable bonds is 3. The SMILES string of the molecule is CCOc1cc(C(C)=O)c(I)cc1N. The molecule has 0 aliphatic carbocycles. The number of carbonyl (C=O) groups is 1. The lowest BCUT2D eigenvalue weighted by Crippen LogP contribution is -2.02. The minimum Gasteiger partial charge on any atom is -0.492 e. The quantitative estimate of drug-likeness (QED) is 0.530. The van der Waals surface area contributed by atoms with Crippen LogP contribution in [0, 0.1) is 3.57 Å². The predicted octanol–water partition coefficient (Wildman–Crippen LogP) is 2.47. The van der Waals surface area contributed by atoms with Gasteiger partial charge in [-0.25, -0.2) is 0 Å². The van der Waals surface area contributed by atoms with Crippen molar-refractivity contribution in [1.29, 1.82) is 0 Å². The van der Waals surface area contributed by atoms with Crippen molar-refractivity contribution in [2.75, 3.05) is 12.3 Å². The molecule has 1 aromatic rings. The van der Waals surface area contributed by atoms with Crippen LogP contribution in [0.25, 0.3) is 0 Å². The summed E-state index contributed by atoms with van der Waals surface area (Å²) < 4.78 is 6.16. The van der Waals surface area contributed by atoms with Crippen LogP contribution in [0.3, 0.4) is 0 Å². The maximum atomic E-state index is 11.2. The highest BCUT2D eigenvalue weighted by Crippen LogP contribution is 2.27. The van der Waals surface area contributed by atoms with Crippen molar-refractivity contribution in [1.82, 2.24) is 0 Å². The molecule has 0 aliphatic rings. The third kappa shape index (κ3) is 2.37. The molecule has 0 aromatic heterocycles. The number of anilines is 1. The van der Waals surface area contributed by atoms with E-state index in [1.165, 1.54) is 6.92 Å². The van der Waals surface area contributed by atoms with E-state index in [1.807, 2.05) is 6.92 Å². The monoisotopic (exact) mass is 305 g/mol. The van der Waals surface area contributed by atoms with E-state index < -0.39 is 0 Å². The number of halogens is 1. The average molecular weight is 305 g/mol. The Morgan fingerprint density at radius 1 is 1.57 bits per heavy atom. The van der Waals surface area contributed by atoms with Crippen LogP contribution in [-0.4, -0.2) is 12.4 Å². The number of carbonyl (C=O) groups excluding carboxylic acids is 1. The summed E-state index contributed by atoms with van der Waals surface area (Å²) in [5.74, 6) is 0.605. The second-order valence-electron chi connectivity index (χ2n) is 2.86. The highest BCUT2D eigenvalue weighted by molar-refractivity contribution is 14.1. The lowest BCUT2D eigenvalue weighted by Gasteiger charge is -2.09. The van der Waals surface area contributed by atoms with Crippen LogP contribution < -0.4 is 10.5 Å². The standard InChI is InChI=1S/C10H12INO2/c1-3-14-10-4-7(6(2)13)8(11)5-9(10)12/h4-5H,3,12H2,1-2H3. The molecule has 2 N–H and O–H groups in total. The molecule has 76 valence electrons. The molecule has 0 spiro atoms. The van der Waals surface area contributed by atoms with Crippen LogP contribution in [0.15, 0.2) is 12.1 Å². The van der Waals surface area contributed by atoms with Crippen molar-refractivity contribution in [3.05, 3.63) is 21.3 Å². The maximum absolute atomic E-state index is 11.2. The first kappa shape index (κ1) is 11.3. The van der Waals surface area contributed by atoms with Gasteiger partial charge in [0, 0.05) is 9.13 Å². The van der Waals surface area contributed by atoms with E-state index in [4.69, 9.17) is 10.5 Å². The Labute approximate surface area is 96.8 Å². The summed E-state index contributed by atoms with van der Waals surface area (Å²) in [5, 5.41) is 0. The Balaban J connectivity index is 3.20. The van der Waals surface area contributed by atoms with E-state index in [9.17, 15) is 4.79 Å². The molecule has 4 heteroatoms. The first-order chi connectivity index (χ1) is 6.56. The van der Waals surface area contributed by atoms with E-state index >= 15 is 0 Å². The topological polar surface area (TPSA) is 52.3 Å². The molecule has 0 unspecified atom stereocenters. The molecule has 0 saturated carbocycles. The summed E-state index contributed by atoms with van der Waals surface area (Å²) in [5.41, 5.74) is 6.96. The van der Waals surface area contributed by atoms with Gasteiger partial charge in [-0.3, -0.25) is 4.79 Å². The fourth-order valence-electron chi connectivity index (χ4n) is 1.12. The van der Waals surface area contributed by atoms with Crippen LogP contribution in [0.4, 0.5) is 5.69 Å². The molecule has 0 radical (unpaired) electrons. The number of ether oxygens (including phenoxy) is 1. The van der Waals surface area contributed by atoms with Crippen LogP contribution in [-0.2, 0) is 0 Å². The van der Waals surface area contributed by atoms with E-state index in [2.05, 4.69) is 22.6 Å². The van der Waals surface area contributed by atoms with Crippen molar-refractivity contribution in [3.8, 4) is 5.75 Å². The summed E-state index contributed by atoms with van der Waals surface area (Å²) in [6.07, 6.45) is 0. The fraction of sp³-hybridized carbons (Fsp3) is 0.300. The zero-order chi connectivity index (χ0) is 10.7. The molecular formula is C10H12INO2. The average Bonchev–Trinajstić information content (AvgIpc) is 2.09. The third-order valence-electron chi connectivity index (χ3n) is 1.78. The smallest absolute Gasteiger partial charge is 0.161 e. The van der Waals surface area contributed by atoms with Crippen molar-refractivity contribution < 1.29 is 9.53 Å². The van der Waals surface area contributed by atoms with E-state index in [1.54, 1.807) is 12.1 Å². The first-order valence-corrected chi connectivity index (χ1v) is 5.37. The number of hydrogen-bond donors (Lipinski definition) is 1. The zero-order valence-electron chi connectivity index (χ0n) is 8.13. The van der Waals surface area contributed by atoms with Gasteiger partial charge in [0.1, 0.15) is 5.75 Å². The number of ketones is 1. The molecule has 0 heterocycles. The van der Waals surface area contributed by atoms with E-state index in [0.29, 0.717) is 23.6 Å². The number of hydrogen-bond acceptors (Lipinski definition) is 3. The minimum absolute atomic E-state index is 0.0235. The number of nitrogen functional groups attached to an aromatic ring is 1. The lowest BCUT2D eigenvalue weighted by molar-refractivity contribution is 0.101. The second-order valence-corrected chi connectivity index (χ2v) is 4.02. The Hall–Kier alpha value is -0.780. The Morgan fingerprint density at radius 2 is 2.21 bits per heavy atom. The van der Waals surface area contributed by atoms with Crippen LogP contribution in [0.1, 0.15) is 24.2 Å². The summed E-state index contributed by atoms with van der Waals surface area (Å²) in [6, 6.07) is 3.45. The van der Waals surface area contributed by atoms with E-state index in [0.717, 1.165) is 3.57 Å². The van der Waals surface area contributed by atoms with Crippen molar-refractivity contribution in [3.63, 3.8) is 0 Å². The number of benzene rings is 1. The third-order valence-corrected chi connectivity index (χ3v) is 2.67. The summed E-state index contributed by atoms with van der Waals surface area (Å²) >= 11 is 2.09. The van der Waals surface area contributed by atoms with Gasteiger partial charge >= 0.3 is 0 Å². The Kier molecular flexibility index (Phi) is 3.74. The minimum atomic E-state index is 0.0235. The lowest BCUT2D eigenvalue weighted by atomic mass is 10.1. The van der Waals surface area contributed by atoms with Crippen LogP contribution in [0.5, 0.6) is 5.75 Å². The van der Waals surface area contributed by atoms with Gasteiger partial charge in [-0.2, -0.15) is 0 Å². The molecule has 0 atom stereocenters. The summed E-state index contributed by atoms with van der Waals surface area (Å²) in [7, 11) is 0. The molecule has 3 nitrogen and oxygen atoms in total. The molecule has 0 bridgehead atoms. The highest BCUT2D eigenvalue weighted by Gasteiger charge is 2.10. The number of Topliss-reactive ketones (excluding diaryl/α,β-unsaturated/α-hetero) is 1. The van der Waals surface area contributed by atoms with E-state index in [-0.39, 0.29) is 5.78 Å². The van der Waals surface area contributed by atoms with Crippen LogP contribution in [0.2, 0.25) is 0 Å². The Bertz CT molecular complexity index is 363. The predicted molar refractivity (Wildman–Crippen MR) is 64.7 cm³/mol. The van der Waals surface area contributed by atoms with Crippen LogP contribution >= 0.6 is 22.6 Å². The fourth-order valence-corrected chi connectivity index (χ4v) is 1.99. The molecule has 14 heavy (non-hydrogen) atoms. The van der Waals surface area contributed by atoms with Gasteiger partial charge in [-0.1, -0.05) is 0 Å². The van der Waals surface area contributed by atoms with Crippen molar-refractivity contribution >= 4 is 34.1 Å². The largest absolute Gasteiger partial charge is 0.492 e. The van der Waals surface area contributed by atoms with Gasteiger partial charge in [0.2, 0.25) is 0 Å². The van der Waals surface area contributed by atoms with Gasteiger partial charge in [0.05, 0.1) is 12.3 Å². The molecule has 0 fully saturated rings. The molecule has 0 amide bonds. The second kappa shape index (κ2) is 4.63. The first-order valence-electron chi connectivity index (χ1n) is 4.29. The summed E-state index contributed by atoms with van der Waals surface area (Å²) in [6.45, 7) is 3.95. The zero-order valence-corrected chi connectivity index (χ0v) is 10.3. The van der Waals surface area contributed by atoms with Gasteiger partial charge in [-0.15, -0.1) is 0 Å². The highest BCUT2D eigenvalue weighted by atomic mass is 127. The van der Waals surface area contributed by atoms with Gasteiger partial charge in [0.15, 0.2) is 5.78 Å². The van der Waals surface area contributed by atoms with Gasteiger partial charge in [-0.05, 0) is 48.6 Å². The molecule has 1 rings (SSSR count). The van der Waals surface area contributed by atoms with Crippen molar-refractivity contribution in [2.45, 2.75) is 13.8 Å². The molecule has 0 saturated heterocycles. The van der Waals surface area contributed by atoms with Gasteiger partial charge < -0.3 is 10.5 Å². The molecule has 1 aromatic carbocycles. The molecule has 0 aliphatic heterocycles. The normalized spacial score (nSPS) is 9.93.